The van der Waals surface area contributed by atoms with Crippen LogP contribution in [0.5, 0.6) is 0 Å². The molecule has 1 heterocycles. The van der Waals surface area contributed by atoms with Crippen LogP contribution in [-0.2, 0) is 10.0 Å². The predicted molar refractivity (Wildman–Crippen MR) is 69.7 cm³/mol. The topological polar surface area (TPSA) is 117 Å². The van der Waals surface area contributed by atoms with Crippen molar-refractivity contribution in [1.82, 2.24) is 9.71 Å². The Morgan fingerprint density at radius 2 is 2.15 bits per heavy atom. The van der Waals surface area contributed by atoms with Crippen LogP contribution < -0.4 is 4.72 Å². The van der Waals surface area contributed by atoms with E-state index in [0.29, 0.717) is 6.42 Å². The van der Waals surface area contributed by atoms with Gasteiger partial charge < -0.3 is 10.2 Å². The predicted octanol–water partition coefficient (Wildman–Crippen LogP) is 0.219. The van der Waals surface area contributed by atoms with Gasteiger partial charge in [-0.05, 0) is 30.9 Å². The van der Waals surface area contributed by atoms with E-state index in [4.69, 9.17) is 5.11 Å². The first-order chi connectivity index (χ1) is 9.40. The third-order valence-corrected chi connectivity index (χ3v) is 4.75. The van der Waals surface area contributed by atoms with Gasteiger partial charge in [-0.2, -0.15) is 0 Å². The first-order valence-electron chi connectivity index (χ1n) is 6.27. The van der Waals surface area contributed by atoms with Gasteiger partial charge in [0.05, 0.1) is 11.7 Å². The Kier molecular flexibility index (Phi) is 4.36. The third kappa shape index (κ3) is 3.33. The lowest BCUT2D eigenvalue weighted by molar-refractivity contribution is 0.0696. The number of aromatic carboxylic acids is 1. The van der Waals surface area contributed by atoms with Gasteiger partial charge in [-0.3, -0.25) is 0 Å². The monoisotopic (exact) mass is 300 g/mol. The van der Waals surface area contributed by atoms with Crippen LogP contribution in [0, 0.1) is 5.92 Å². The minimum absolute atomic E-state index is 0.0739. The number of aromatic nitrogens is 1. The molecule has 1 aliphatic carbocycles. The van der Waals surface area contributed by atoms with Crippen LogP contribution in [0.15, 0.2) is 23.4 Å². The van der Waals surface area contributed by atoms with Gasteiger partial charge in [-0.25, -0.2) is 22.9 Å². The maximum Gasteiger partial charge on any atom is 0.337 e. The highest BCUT2D eigenvalue weighted by Crippen LogP contribution is 2.25. The number of rotatable bonds is 5. The number of carboxylic acids is 1. The Hall–Kier alpha value is -1.51. The van der Waals surface area contributed by atoms with E-state index in [2.05, 4.69) is 9.71 Å². The van der Waals surface area contributed by atoms with E-state index in [-0.39, 0.29) is 23.1 Å². The minimum Gasteiger partial charge on any atom is -0.478 e. The summed E-state index contributed by atoms with van der Waals surface area (Å²) in [6.45, 7) is 0.159. The molecule has 1 aromatic heterocycles. The number of nitrogens with one attached hydrogen (secondary N) is 1. The zero-order chi connectivity index (χ0) is 14.8. The average molecular weight is 300 g/mol. The van der Waals surface area contributed by atoms with E-state index < -0.39 is 22.1 Å². The lowest BCUT2D eigenvalue weighted by Gasteiger charge is -2.14. The van der Waals surface area contributed by atoms with Crippen molar-refractivity contribution in [1.29, 1.82) is 0 Å². The summed E-state index contributed by atoms with van der Waals surface area (Å²) in [5, 5.41) is 18.1. The van der Waals surface area contributed by atoms with Gasteiger partial charge in [0.15, 0.2) is 5.03 Å². The second kappa shape index (κ2) is 5.86. The smallest absolute Gasteiger partial charge is 0.337 e. The lowest BCUT2D eigenvalue weighted by atomic mass is 10.1. The fraction of sp³-hybridized carbons (Fsp3) is 0.500. The maximum absolute atomic E-state index is 12.0. The number of hydrogen-bond donors (Lipinski definition) is 3. The molecule has 2 atom stereocenters. The summed E-state index contributed by atoms with van der Waals surface area (Å²) in [5.41, 5.74) is -0.0739. The molecule has 0 spiro atoms. The largest absolute Gasteiger partial charge is 0.478 e. The van der Waals surface area contributed by atoms with Crippen LogP contribution in [0.4, 0.5) is 0 Å². The quantitative estimate of drug-likeness (QED) is 0.716. The molecular weight excluding hydrogens is 284 g/mol. The standard InChI is InChI=1S/C12H16N2O5S/c15-10-3-1-2-8(10)7-14-20(18,19)11-5-4-9(6-13-11)12(16)17/h4-6,8,10,14-15H,1-3,7H2,(H,16,17). The molecule has 20 heavy (non-hydrogen) atoms. The first kappa shape index (κ1) is 14.9. The molecule has 1 fully saturated rings. The fourth-order valence-electron chi connectivity index (χ4n) is 2.21. The number of pyridine rings is 1. The molecule has 110 valence electrons. The molecular formula is C12H16N2O5S. The van der Waals surface area contributed by atoms with E-state index in [0.717, 1.165) is 25.1 Å². The number of sulfonamides is 1. The van der Waals surface area contributed by atoms with Crippen LogP contribution in [0.3, 0.4) is 0 Å². The molecule has 0 saturated heterocycles. The number of aliphatic hydroxyl groups excluding tert-OH is 1. The lowest BCUT2D eigenvalue weighted by Crippen LogP contribution is -2.32. The van der Waals surface area contributed by atoms with Crippen molar-refractivity contribution in [2.45, 2.75) is 30.4 Å². The summed E-state index contributed by atoms with van der Waals surface area (Å²) in [5.74, 6) is -1.24. The number of aliphatic hydroxyl groups is 1. The van der Waals surface area contributed by atoms with E-state index >= 15 is 0 Å². The first-order valence-corrected chi connectivity index (χ1v) is 7.75. The highest BCUT2D eigenvalue weighted by molar-refractivity contribution is 7.89. The molecule has 2 rings (SSSR count). The van der Waals surface area contributed by atoms with Crippen molar-refractivity contribution in [3.63, 3.8) is 0 Å². The maximum atomic E-state index is 12.0. The molecule has 0 aromatic carbocycles. The Labute approximate surface area is 116 Å². The summed E-state index contributed by atoms with van der Waals surface area (Å²) in [7, 11) is -3.78. The number of carbonyl (C=O) groups is 1. The van der Waals surface area contributed by atoms with Crippen molar-refractivity contribution in [2.75, 3.05) is 6.54 Å². The van der Waals surface area contributed by atoms with Crippen molar-refractivity contribution in [2.24, 2.45) is 5.92 Å². The van der Waals surface area contributed by atoms with Crippen LogP contribution >= 0.6 is 0 Å². The Morgan fingerprint density at radius 1 is 1.40 bits per heavy atom. The zero-order valence-electron chi connectivity index (χ0n) is 10.7. The van der Waals surface area contributed by atoms with E-state index in [9.17, 15) is 18.3 Å². The number of carboxylic acid groups (broad SMARTS) is 1. The Balaban J connectivity index is 2.04. The summed E-state index contributed by atoms with van der Waals surface area (Å²) in [6, 6.07) is 2.34. The molecule has 0 aliphatic heterocycles. The fourth-order valence-corrected chi connectivity index (χ4v) is 3.23. The van der Waals surface area contributed by atoms with Crippen LogP contribution in [-0.4, -0.2) is 42.2 Å². The molecule has 0 amide bonds. The molecule has 7 nitrogen and oxygen atoms in total. The van der Waals surface area contributed by atoms with Gasteiger partial charge >= 0.3 is 5.97 Å². The Morgan fingerprint density at radius 3 is 2.65 bits per heavy atom. The van der Waals surface area contributed by atoms with Gasteiger partial charge in [-0.1, -0.05) is 6.42 Å². The third-order valence-electron chi connectivity index (χ3n) is 3.41. The van der Waals surface area contributed by atoms with E-state index in [1.807, 2.05) is 0 Å². The van der Waals surface area contributed by atoms with E-state index in [1.54, 1.807) is 0 Å². The molecule has 0 radical (unpaired) electrons. The van der Waals surface area contributed by atoms with Crippen molar-refractivity contribution < 1.29 is 23.4 Å². The summed E-state index contributed by atoms with van der Waals surface area (Å²) in [6.07, 6.45) is 2.90. The van der Waals surface area contributed by atoms with Crippen LogP contribution in [0.25, 0.3) is 0 Å². The average Bonchev–Trinajstić information content (AvgIpc) is 2.82. The van der Waals surface area contributed by atoms with Gasteiger partial charge in [0.1, 0.15) is 0 Å². The molecule has 2 unspecified atom stereocenters. The number of hydrogen-bond acceptors (Lipinski definition) is 5. The van der Waals surface area contributed by atoms with Crippen molar-refractivity contribution in [3.05, 3.63) is 23.9 Å². The van der Waals surface area contributed by atoms with Crippen molar-refractivity contribution >= 4 is 16.0 Å². The Bertz CT molecular complexity index is 584. The number of nitrogens with zero attached hydrogens (tertiary/aromatic N) is 1. The molecule has 1 aromatic rings. The van der Waals surface area contributed by atoms with Gasteiger partial charge in [0.2, 0.25) is 0 Å². The van der Waals surface area contributed by atoms with E-state index in [1.165, 1.54) is 6.07 Å². The summed E-state index contributed by atoms with van der Waals surface area (Å²) in [4.78, 5) is 14.3. The normalized spacial score (nSPS) is 22.9. The van der Waals surface area contributed by atoms with Crippen LogP contribution in [0.1, 0.15) is 29.6 Å². The highest BCUT2D eigenvalue weighted by atomic mass is 32.2. The van der Waals surface area contributed by atoms with Gasteiger partial charge in [-0.15, -0.1) is 0 Å². The second-order valence-corrected chi connectivity index (χ2v) is 6.51. The molecule has 1 saturated carbocycles. The molecule has 1 aliphatic rings. The van der Waals surface area contributed by atoms with Gasteiger partial charge in [0.25, 0.3) is 10.0 Å². The second-order valence-electron chi connectivity index (χ2n) is 4.80. The van der Waals surface area contributed by atoms with Crippen molar-refractivity contribution in [3.8, 4) is 0 Å². The zero-order valence-corrected chi connectivity index (χ0v) is 11.5. The van der Waals surface area contributed by atoms with Gasteiger partial charge in [0, 0.05) is 12.7 Å². The molecule has 8 heteroatoms. The SMILES string of the molecule is O=C(O)c1ccc(S(=O)(=O)NCC2CCCC2O)nc1. The summed E-state index contributed by atoms with van der Waals surface area (Å²) < 4.78 is 26.3. The van der Waals surface area contributed by atoms with Crippen LogP contribution in [0.2, 0.25) is 0 Å². The minimum atomic E-state index is -3.78. The summed E-state index contributed by atoms with van der Waals surface area (Å²) >= 11 is 0. The highest BCUT2D eigenvalue weighted by Gasteiger charge is 2.27. The molecule has 0 bridgehead atoms. The molecule has 3 N–H and O–H groups in total.